The van der Waals surface area contributed by atoms with E-state index in [-0.39, 0.29) is 12.4 Å². The Kier molecular flexibility index (Phi) is 2.99. The minimum atomic E-state index is -0.0249. The molecule has 0 aliphatic rings. The SMILES string of the molecule is CCOCC(=O)c1c[nH]nc1C. The van der Waals surface area contributed by atoms with Crippen LogP contribution in [0.4, 0.5) is 0 Å². The summed E-state index contributed by atoms with van der Waals surface area (Å²) in [6, 6.07) is 0. The highest BCUT2D eigenvalue weighted by molar-refractivity contribution is 5.97. The molecule has 12 heavy (non-hydrogen) atoms. The van der Waals surface area contributed by atoms with Gasteiger partial charge in [-0.15, -0.1) is 0 Å². The molecule has 0 amide bonds. The van der Waals surface area contributed by atoms with Crippen molar-refractivity contribution in [1.82, 2.24) is 10.2 Å². The molecule has 0 aliphatic carbocycles. The number of carbonyl (C=O) groups is 1. The van der Waals surface area contributed by atoms with Crippen LogP contribution in [0.25, 0.3) is 0 Å². The van der Waals surface area contributed by atoms with Crippen LogP contribution in [0.15, 0.2) is 6.20 Å². The van der Waals surface area contributed by atoms with Crippen LogP contribution in [0, 0.1) is 6.92 Å². The first-order valence-corrected chi connectivity index (χ1v) is 3.87. The summed E-state index contributed by atoms with van der Waals surface area (Å²) in [5.41, 5.74) is 1.34. The number of carbonyl (C=O) groups excluding carboxylic acids is 1. The zero-order valence-electron chi connectivity index (χ0n) is 7.26. The first-order chi connectivity index (χ1) is 5.75. The fourth-order valence-electron chi connectivity index (χ4n) is 0.913. The Hall–Kier alpha value is -1.16. The molecule has 0 saturated heterocycles. The summed E-state index contributed by atoms with van der Waals surface area (Å²) in [4.78, 5) is 11.3. The monoisotopic (exact) mass is 168 g/mol. The lowest BCUT2D eigenvalue weighted by molar-refractivity contribution is 0.0783. The number of aryl methyl sites for hydroxylation is 1. The number of aromatic nitrogens is 2. The third kappa shape index (κ3) is 1.92. The predicted octanol–water partition coefficient (Wildman–Crippen LogP) is 0.937. The van der Waals surface area contributed by atoms with E-state index in [2.05, 4.69) is 10.2 Å². The van der Waals surface area contributed by atoms with Gasteiger partial charge in [-0.2, -0.15) is 5.10 Å². The maximum Gasteiger partial charge on any atom is 0.191 e. The molecule has 0 aliphatic heterocycles. The summed E-state index contributed by atoms with van der Waals surface area (Å²) in [6.45, 7) is 4.34. The van der Waals surface area contributed by atoms with E-state index in [0.29, 0.717) is 12.2 Å². The van der Waals surface area contributed by atoms with E-state index < -0.39 is 0 Å². The Balaban J connectivity index is 2.59. The lowest BCUT2D eigenvalue weighted by Gasteiger charge is -1.97. The molecular weight excluding hydrogens is 156 g/mol. The summed E-state index contributed by atoms with van der Waals surface area (Å²) in [5.74, 6) is -0.0249. The van der Waals surface area contributed by atoms with E-state index in [1.54, 1.807) is 13.1 Å². The van der Waals surface area contributed by atoms with Crippen LogP contribution < -0.4 is 0 Å². The second kappa shape index (κ2) is 4.01. The fraction of sp³-hybridized carbons (Fsp3) is 0.500. The van der Waals surface area contributed by atoms with Crippen molar-refractivity contribution >= 4 is 5.78 Å². The molecule has 4 heteroatoms. The van der Waals surface area contributed by atoms with Gasteiger partial charge in [0.25, 0.3) is 0 Å². The van der Waals surface area contributed by atoms with Crippen molar-refractivity contribution in [2.24, 2.45) is 0 Å². The van der Waals surface area contributed by atoms with E-state index >= 15 is 0 Å². The number of hydrogen-bond donors (Lipinski definition) is 1. The summed E-state index contributed by atoms with van der Waals surface area (Å²) < 4.78 is 4.98. The van der Waals surface area contributed by atoms with Gasteiger partial charge in [0.2, 0.25) is 0 Å². The highest BCUT2D eigenvalue weighted by atomic mass is 16.5. The van der Waals surface area contributed by atoms with E-state index in [1.807, 2.05) is 6.92 Å². The summed E-state index contributed by atoms with van der Waals surface area (Å²) in [5, 5.41) is 6.47. The molecule has 1 aromatic rings. The number of H-pyrrole nitrogens is 1. The minimum Gasteiger partial charge on any atom is -0.374 e. The van der Waals surface area contributed by atoms with Gasteiger partial charge in [0.15, 0.2) is 5.78 Å². The van der Waals surface area contributed by atoms with Crippen LogP contribution in [0.3, 0.4) is 0 Å². The number of aromatic amines is 1. The molecule has 0 aromatic carbocycles. The molecule has 0 fully saturated rings. The lowest BCUT2D eigenvalue weighted by Crippen LogP contribution is -2.09. The molecule has 1 aromatic heterocycles. The molecule has 0 bridgehead atoms. The number of hydrogen-bond acceptors (Lipinski definition) is 3. The van der Waals surface area contributed by atoms with Crippen molar-refractivity contribution in [2.75, 3.05) is 13.2 Å². The molecule has 1 N–H and O–H groups in total. The summed E-state index contributed by atoms with van der Waals surface area (Å²) >= 11 is 0. The molecule has 66 valence electrons. The Morgan fingerprint density at radius 2 is 2.50 bits per heavy atom. The van der Waals surface area contributed by atoms with Crippen LogP contribution >= 0.6 is 0 Å². The molecule has 0 saturated carbocycles. The average Bonchev–Trinajstić information content (AvgIpc) is 2.47. The van der Waals surface area contributed by atoms with Crippen molar-refractivity contribution in [3.8, 4) is 0 Å². The molecule has 1 heterocycles. The third-order valence-electron chi connectivity index (χ3n) is 1.57. The molecular formula is C8H12N2O2. The third-order valence-corrected chi connectivity index (χ3v) is 1.57. The largest absolute Gasteiger partial charge is 0.374 e. The van der Waals surface area contributed by atoms with E-state index in [0.717, 1.165) is 5.69 Å². The number of Topliss-reactive ketones (excluding diaryl/α,β-unsaturated/α-hetero) is 1. The number of nitrogens with one attached hydrogen (secondary N) is 1. The average molecular weight is 168 g/mol. The Bertz CT molecular complexity index is 268. The maximum absolute atomic E-state index is 11.3. The second-order valence-electron chi connectivity index (χ2n) is 2.44. The normalized spacial score (nSPS) is 10.2. The van der Waals surface area contributed by atoms with Crippen LogP contribution in [0.2, 0.25) is 0 Å². The molecule has 0 radical (unpaired) electrons. The Morgan fingerprint density at radius 1 is 1.75 bits per heavy atom. The van der Waals surface area contributed by atoms with Gasteiger partial charge in [0.05, 0.1) is 11.3 Å². The van der Waals surface area contributed by atoms with Gasteiger partial charge in [-0.1, -0.05) is 0 Å². The smallest absolute Gasteiger partial charge is 0.191 e. The second-order valence-corrected chi connectivity index (χ2v) is 2.44. The fourth-order valence-corrected chi connectivity index (χ4v) is 0.913. The standard InChI is InChI=1S/C8H12N2O2/c1-3-12-5-8(11)7-4-9-10-6(7)2/h4H,3,5H2,1-2H3,(H,9,10). The lowest BCUT2D eigenvalue weighted by atomic mass is 10.2. The van der Waals surface area contributed by atoms with E-state index in [4.69, 9.17) is 4.74 Å². The number of nitrogens with zero attached hydrogens (tertiary/aromatic N) is 1. The Morgan fingerprint density at radius 3 is 3.00 bits per heavy atom. The van der Waals surface area contributed by atoms with E-state index in [9.17, 15) is 4.79 Å². The Labute approximate surface area is 70.9 Å². The van der Waals surface area contributed by atoms with E-state index in [1.165, 1.54) is 0 Å². The van der Waals surface area contributed by atoms with Gasteiger partial charge in [0, 0.05) is 12.8 Å². The zero-order valence-corrected chi connectivity index (χ0v) is 7.26. The van der Waals surface area contributed by atoms with Gasteiger partial charge in [-0.3, -0.25) is 9.89 Å². The predicted molar refractivity (Wildman–Crippen MR) is 44.1 cm³/mol. The van der Waals surface area contributed by atoms with Gasteiger partial charge in [-0.25, -0.2) is 0 Å². The van der Waals surface area contributed by atoms with Gasteiger partial charge < -0.3 is 4.74 Å². The minimum absolute atomic E-state index is 0.0249. The quantitative estimate of drug-likeness (QED) is 0.680. The van der Waals surface area contributed by atoms with Gasteiger partial charge in [0.1, 0.15) is 6.61 Å². The van der Waals surface area contributed by atoms with Crippen molar-refractivity contribution in [3.05, 3.63) is 17.5 Å². The van der Waals surface area contributed by atoms with Crippen LogP contribution in [0.5, 0.6) is 0 Å². The maximum atomic E-state index is 11.3. The van der Waals surface area contributed by atoms with Crippen LogP contribution in [-0.4, -0.2) is 29.2 Å². The molecule has 0 unspecified atom stereocenters. The van der Waals surface area contributed by atoms with Crippen LogP contribution in [0.1, 0.15) is 23.0 Å². The molecule has 0 spiro atoms. The highest BCUT2D eigenvalue weighted by Crippen LogP contribution is 2.03. The number of rotatable bonds is 4. The van der Waals surface area contributed by atoms with Crippen molar-refractivity contribution in [3.63, 3.8) is 0 Å². The van der Waals surface area contributed by atoms with Crippen molar-refractivity contribution < 1.29 is 9.53 Å². The van der Waals surface area contributed by atoms with Gasteiger partial charge in [-0.05, 0) is 13.8 Å². The first-order valence-electron chi connectivity index (χ1n) is 3.87. The molecule has 0 atom stereocenters. The number of ether oxygens (including phenoxy) is 1. The summed E-state index contributed by atoms with van der Waals surface area (Å²) in [7, 11) is 0. The zero-order chi connectivity index (χ0) is 8.97. The molecule has 4 nitrogen and oxygen atoms in total. The van der Waals surface area contributed by atoms with Crippen LogP contribution in [-0.2, 0) is 4.74 Å². The molecule has 1 rings (SSSR count). The van der Waals surface area contributed by atoms with Crippen molar-refractivity contribution in [1.29, 1.82) is 0 Å². The first kappa shape index (κ1) is 8.93. The highest BCUT2D eigenvalue weighted by Gasteiger charge is 2.09. The number of ketones is 1. The summed E-state index contributed by atoms with van der Waals surface area (Å²) in [6.07, 6.45) is 1.59. The topological polar surface area (TPSA) is 55.0 Å². The van der Waals surface area contributed by atoms with Crippen molar-refractivity contribution in [2.45, 2.75) is 13.8 Å². The van der Waals surface area contributed by atoms with Gasteiger partial charge >= 0.3 is 0 Å².